The molecular formula is C12H9F2N3O2. The van der Waals surface area contributed by atoms with E-state index in [0.29, 0.717) is 0 Å². The van der Waals surface area contributed by atoms with Crippen molar-refractivity contribution in [2.75, 3.05) is 11.1 Å². The second-order valence-electron chi connectivity index (χ2n) is 3.78. The van der Waals surface area contributed by atoms with Crippen molar-refractivity contribution in [3.05, 3.63) is 58.1 Å². The fourth-order valence-corrected chi connectivity index (χ4v) is 1.52. The number of halogens is 2. The van der Waals surface area contributed by atoms with Crippen LogP contribution in [0.3, 0.4) is 0 Å². The Bertz CT molecular complexity index is 647. The van der Waals surface area contributed by atoms with Gasteiger partial charge in [-0.25, -0.2) is 8.78 Å². The van der Waals surface area contributed by atoms with E-state index in [0.717, 1.165) is 24.3 Å². The number of nitrogen functional groups attached to an aromatic ring is 1. The second kappa shape index (κ2) is 4.89. The Kier molecular flexibility index (Phi) is 3.28. The minimum Gasteiger partial charge on any atom is -0.397 e. The van der Waals surface area contributed by atoms with E-state index < -0.39 is 16.6 Å². The van der Waals surface area contributed by atoms with Crippen molar-refractivity contribution in [2.24, 2.45) is 0 Å². The summed E-state index contributed by atoms with van der Waals surface area (Å²) in [5.74, 6) is -1.26. The van der Waals surface area contributed by atoms with Crippen molar-refractivity contribution in [2.45, 2.75) is 0 Å². The number of nitrogens with one attached hydrogen (secondary N) is 1. The van der Waals surface area contributed by atoms with Crippen LogP contribution in [0.1, 0.15) is 0 Å². The lowest BCUT2D eigenvalue weighted by atomic mass is 10.2. The zero-order chi connectivity index (χ0) is 14.0. The quantitative estimate of drug-likeness (QED) is 0.507. The Balaban J connectivity index is 2.33. The highest BCUT2D eigenvalue weighted by atomic mass is 19.1. The maximum Gasteiger partial charge on any atom is 0.271 e. The predicted molar refractivity (Wildman–Crippen MR) is 67.1 cm³/mol. The molecule has 0 aromatic heterocycles. The van der Waals surface area contributed by atoms with Gasteiger partial charge in [0.05, 0.1) is 22.0 Å². The van der Waals surface area contributed by atoms with Crippen LogP contribution in [0.25, 0.3) is 0 Å². The first kappa shape index (κ1) is 12.7. The van der Waals surface area contributed by atoms with Crippen molar-refractivity contribution in [1.82, 2.24) is 0 Å². The average molecular weight is 265 g/mol. The third kappa shape index (κ3) is 2.76. The van der Waals surface area contributed by atoms with Gasteiger partial charge in [-0.2, -0.15) is 0 Å². The van der Waals surface area contributed by atoms with Crippen LogP contribution < -0.4 is 11.1 Å². The summed E-state index contributed by atoms with van der Waals surface area (Å²) in [5, 5.41) is 13.1. The van der Waals surface area contributed by atoms with Crippen LogP contribution in [0.5, 0.6) is 0 Å². The first-order chi connectivity index (χ1) is 8.97. The molecule has 2 aromatic carbocycles. The Morgan fingerprint density at radius 3 is 2.47 bits per heavy atom. The molecule has 0 aliphatic carbocycles. The summed E-state index contributed by atoms with van der Waals surface area (Å²) >= 11 is 0. The van der Waals surface area contributed by atoms with Crippen LogP contribution in [-0.2, 0) is 0 Å². The van der Waals surface area contributed by atoms with E-state index in [-0.39, 0.29) is 22.7 Å². The average Bonchev–Trinajstić information content (AvgIpc) is 2.36. The number of nitro benzene ring substituents is 1. The van der Waals surface area contributed by atoms with E-state index in [2.05, 4.69) is 5.32 Å². The highest BCUT2D eigenvalue weighted by Gasteiger charge is 2.10. The monoisotopic (exact) mass is 265 g/mol. The van der Waals surface area contributed by atoms with Gasteiger partial charge in [-0.3, -0.25) is 10.1 Å². The van der Waals surface area contributed by atoms with Crippen molar-refractivity contribution >= 4 is 22.7 Å². The molecule has 0 aliphatic heterocycles. The van der Waals surface area contributed by atoms with Gasteiger partial charge in [0.25, 0.3) is 5.69 Å². The minimum atomic E-state index is -0.654. The van der Waals surface area contributed by atoms with Crippen LogP contribution in [0, 0.1) is 21.7 Å². The van der Waals surface area contributed by atoms with E-state index in [1.54, 1.807) is 0 Å². The lowest BCUT2D eigenvalue weighted by Crippen LogP contribution is -2.00. The van der Waals surface area contributed by atoms with E-state index in [9.17, 15) is 18.9 Å². The standard InChI is InChI=1S/C12H9F2N3O2/c13-7-1-3-9(14)12(5-7)16-11-4-2-8(17(18)19)6-10(11)15/h1-6,16H,15H2. The van der Waals surface area contributed by atoms with Gasteiger partial charge in [0.15, 0.2) is 0 Å². The molecule has 3 N–H and O–H groups in total. The van der Waals surface area contributed by atoms with E-state index in [1.807, 2.05) is 0 Å². The molecule has 0 saturated carbocycles. The molecule has 0 atom stereocenters. The van der Waals surface area contributed by atoms with Crippen molar-refractivity contribution in [3.8, 4) is 0 Å². The molecule has 7 heteroatoms. The fraction of sp³-hybridized carbons (Fsp3) is 0. The summed E-state index contributed by atoms with van der Waals surface area (Å²) < 4.78 is 26.4. The number of rotatable bonds is 3. The highest BCUT2D eigenvalue weighted by Crippen LogP contribution is 2.28. The number of nitrogens with zero attached hydrogens (tertiary/aromatic N) is 1. The molecule has 5 nitrogen and oxygen atoms in total. The zero-order valence-corrected chi connectivity index (χ0v) is 9.56. The summed E-state index contributed by atoms with van der Waals surface area (Å²) in [5.41, 5.74) is 5.66. The Hall–Kier alpha value is -2.70. The second-order valence-corrected chi connectivity index (χ2v) is 3.78. The van der Waals surface area contributed by atoms with Gasteiger partial charge in [0.2, 0.25) is 0 Å². The Labute approximate surface area is 106 Å². The predicted octanol–water partition coefficient (Wildman–Crippen LogP) is 3.20. The van der Waals surface area contributed by atoms with Crippen molar-refractivity contribution < 1.29 is 13.7 Å². The maximum absolute atomic E-state index is 13.4. The molecule has 0 spiro atoms. The number of non-ortho nitro benzene ring substituents is 1. The first-order valence-corrected chi connectivity index (χ1v) is 5.23. The number of nitrogens with two attached hydrogens (primary N) is 1. The first-order valence-electron chi connectivity index (χ1n) is 5.23. The van der Waals surface area contributed by atoms with Crippen molar-refractivity contribution in [1.29, 1.82) is 0 Å². The van der Waals surface area contributed by atoms with Gasteiger partial charge in [-0.05, 0) is 18.2 Å². The van der Waals surface area contributed by atoms with Crippen LogP contribution in [-0.4, -0.2) is 4.92 Å². The minimum absolute atomic E-state index is 0.0675. The number of anilines is 3. The number of hydrogen-bond acceptors (Lipinski definition) is 4. The molecule has 19 heavy (non-hydrogen) atoms. The molecule has 0 heterocycles. The molecular weight excluding hydrogens is 256 g/mol. The summed E-state index contributed by atoms with van der Waals surface area (Å²) in [6.45, 7) is 0. The van der Waals surface area contributed by atoms with Gasteiger partial charge >= 0.3 is 0 Å². The third-order valence-corrected chi connectivity index (χ3v) is 2.44. The molecule has 2 aromatic rings. The summed E-state index contributed by atoms with van der Waals surface area (Å²) in [7, 11) is 0. The molecule has 2 rings (SSSR count). The molecule has 0 radical (unpaired) electrons. The lowest BCUT2D eigenvalue weighted by molar-refractivity contribution is -0.384. The number of hydrogen-bond donors (Lipinski definition) is 2. The summed E-state index contributed by atoms with van der Waals surface area (Å²) in [6.07, 6.45) is 0. The van der Waals surface area contributed by atoms with Gasteiger partial charge in [0.1, 0.15) is 11.6 Å². The third-order valence-electron chi connectivity index (χ3n) is 2.44. The van der Waals surface area contributed by atoms with Crippen molar-refractivity contribution in [3.63, 3.8) is 0 Å². The molecule has 0 bridgehead atoms. The van der Waals surface area contributed by atoms with E-state index in [1.165, 1.54) is 12.1 Å². The zero-order valence-electron chi connectivity index (χ0n) is 9.56. The van der Waals surface area contributed by atoms with Crippen LogP contribution in [0.2, 0.25) is 0 Å². The van der Waals surface area contributed by atoms with Crippen LogP contribution in [0.15, 0.2) is 36.4 Å². The maximum atomic E-state index is 13.4. The van der Waals surface area contributed by atoms with Crippen LogP contribution >= 0.6 is 0 Å². The summed E-state index contributed by atoms with van der Waals surface area (Å²) in [4.78, 5) is 9.95. The number of nitro groups is 1. The molecule has 0 fully saturated rings. The molecule has 0 amide bonds. The molecule has 98 valence electrons. The molecule has 0 aliphatic rings. The molecule has 0 saturated heterocycles. The SMILES string of the molecule is Nc1cc([N+](=O)[O-])ccc1Nc1cc(F)ccc1F. The Morgan fingerprint density at radius 1 is 1.11 bits per heavy atom. The van der Waals surface area contributed by atoms with Gasteiger partial charge in [-0.15, -0.1) is 0 Å². The normalized spacial score (nSPS) is 10.2. The van der Waals surface area contributed by atoms with E-state index in [4.69, 9.17) is 5.73 Å². The molecule has 0 unspecified atom stereocenters. The highest BCUT2D eigenvalue weighted by molar-refractivity contribution is 5.74. The number of benzene rings is 2. The van der Waals surface area contributed by atoms with Gasteiger partial charge < -0.3 is 11.1 Å². The Morgan fingerprint density at radius 2 is 1.84 bits per heavy atom. The van der Waals surface area contributed by atoms with E-state index >= 15 is 0 Å². The summed E-state index contributed by atoms with van der Waals surface area (Å²) in [6, 6.07) is 6.61. The topological polar surface area (TPSA) is 81.2 Å². The van der Waals surface area contributed by atoms with Crippen LogP contribution in [0.4, 0.5) is 31.5 Å². The smallest absolute Gasteiger partial charge is 0.271 e. The van der Waals surface area contributed by atoms with Gasteiger partial charge in [0, 0.05) is 18.2 Å². The lowest BCUT2D eigenvalue weighted by Gasteiger charge is -2.10. The fourth-order valence-electron chi connectivity index (χ4n) is 1.52. The van der Waals surface area contributed by atoms with Gasteiger partial charge in [-0.1, -0.05) is 0 Å². The largest absolute Gasteiger partial charge is 0.397 e.